The van der Waals surface area contributed by atoms with Gasteiger partial charge >= 0.3 is 0 Å². The molecule has 6 heteroatoms. The van der Waals surface area contributed by atoms with Crippen molar-refractivity contribution in [3.8, 4) is 6.07 Å². The van der Waals surface area contributed by atoms with E-state index in [0.717, 1.165) is 37.4 Å². The zero-order valence-electron chi connectivity index (χ0n) is 14.9. The summed E-state index contributed by atoms with van der Waals surface area (Å²) in [5.41, 5.74) is 8.96. The van der Waals surface area contributed by atoms with Gasteiger partial charge in [-0.25, -0.2) is 0 Å². The fraction of sp³-hybridized carbons (Fsp3) is 0.300. The highest BCUT2D eigenvalue weighted by atomic mass is 16.5. The molecule has 0 spiro atoms. The number of nitrogens with one attached hydrogen (secondary N) is 1. The SMILES string of the molecule is COC(=N)C(c1ccccc1)N1CCN(c2ccc(N)cc2C#N)CC1. The number of nitrogens with two attached hydrogens (primary N) is 1. The average Bonchev–Trinajstić information content (AvgIpc) is 2.69. The maximum absolute atomic E-state index is 9.38. The molecule has 3 N–H and O–H groups in total. The van der Waals surface area contributed by atoms with Gasteiger partial charge in [0.05, 0.1) is 18.4 Å². The van der Waals surface area contributed by atoms with Crippen LogP contribution in [0.4, 0.5) is 11.4 Å². The van der Waals surface area contributed by atoms with Crippen LogP contribution in [0.3, 0.4) is 0 Å². The molecule has 26 heavy (non-hydrogen) atoms. The van der Waals surface area contributed by atoms with Crippen LogP contribution < -0.4 is 10.6 Å². The van der Waals surface area contributed by atoms with E-state index in [2.05, 4.69) is 15.9 Å². The molecular formula is C20H23N5O. The number of nitrogen functional groups attached to an aromatic ring is 1. The predicted molar refractivity (Wildman–Crippen MR) is 103 cm³/mol. The van der Waals surface area contributed by atoms with Crippen molar-refractivity contribution in [2.24, 2.45) is 0 Å². The van der Waals surface area contributed by atoms with Gasteiger partial charge in [0, 0.05) is 31.9 Å². The second kappa shape index (κ2) is 7.89. The number of benzene rings is 2. The Hall–Kier alpha value is -3.04. The number of piperazine rings is 1. The van der Waals surface area contributed by atoms with Gasteiger partial charge in [0.2, 0.25) is 5.90 Å². The van der Waals surface area contributed by atoms with E-state index in [1.165, 1.54) is 0 Å². The van der Waals surface area contributed by atoms with Crippen molar-refractivity contribution >= 4 is 17.3 Å². The van der Waals surface area contributed by atoms with Gasteiger partial charge in [-0.2, -0.15) is 5.26 Å². The maximum atomic E-state index is 9.38. The summed E-state index contributed by atoms with van der Waals surface area (Å²) in [6.07, 6.45) is 0. The number of methoxy groups -OCH3 is 1. The molecule has 2 aromatic rings. The Morgan fingerprint density at radius 3 is 2.46 bits per heavy atom. The Balaban J connectivity index is 1.77. The second-order valence-corrected chi connectivity index (χ2v) is 6.29. The van der Waals surface area contributed by atoms with E-state index in [9.17, 15) is 5.26 Å². The molecule has 0 aliphatic carbocycles. The lowest BCUT2D eigenvalue weighted by Gasteiger charge is -2.40. The number of hydrogen-bond acceptors (Lipinski definition) is 6. The number of hydrogen-bond donors (Lipinski definition) is 2. The molecule has 0 aromatic heterocycles. The molecule has 1 aliphatic rings. The highest BCUT2D eigenvalue weighted by molar-refractivity contribution is 5.80. The molecule has 1 aliphatic heterocycles. The summed E-state index contributed by atoms with van der Waals surface area (Å²) in [6.45, 7) is 3.11. The summed E-state index contributed by atoms with van der Waals surface area (Å²) < 4.78 is 5.25. The van der Waals surface area contributed by atoms with Gasteiger partial charge in [-0.05, 0) is 23.8 Å². The zero-order chi connectivity index (χ0) is 18.5. The smallest absolute Gasteiger partial charge is 0.202 e. The van der Waals surface area contributed by atoms with Crippen LogP contribution in [0.2, 0.25) is 0 Å². The fourth-order valence-electron chi connectivity index (χ4n) is 3.41. The highest BCUT2D eigenvalue weighted by Gasteiger charge is 2.29. The highest BCUT2D eigenvalue weighted by Crippen LogP contribution is 2.27. The number of rotatable bonds is 4. The van der Waals surface area contributed by atoms with Crippen LogP contribution in [0.25, 0.3) is 0 Å². The Morgan fingerprint density at radius 2 is 1.85 bits per heavy atom. The van der Waals surface area contributed by atoms with Crippen LogP contribution in [0.1, 0.15) is 17.2 Å². The lowest BCUT2D eigenvalue weighted by molar-refractivity contribution is 0.203. The molecule has 6 nitrogen and oxygen atoms in total. The third-order valence-electron chi connectivity index (χ3n) is 4.74. The van der Waals surface area contributed by atoms with E-state index in [1.54, 1.807) is 13.2 Å². The van der Waals surface area contributed by atoms with E-state index < -0.39 is 0 Å². The van der Waals surface area contributed by atoms with Crippen molar-refractivity contribution in [1.82, 2.24) is 4.90 Å². The second-order valence-electron chi connectivity index (χ2n) is 6.29. The first-order valence-corrected chi connectivity index (χ1v) is 8.60. The largest absolute Gasteiger partial charge is 0.483 e. The molecule has 0 saturated carbocycles. The van der Waals surface area contributed by atoms with Gasteiger partial charge in [-0.1, -0.05) is 30.3 Å². The third-order valence-corrected chi connectivity index (χ3v) is 4.74. The molecule has 1 unspecified atom stereocenters. The van der Waals surface area contributed by atoms with Crippen molar-refractivity contribution in [1.29, 1.82) is 10.7 Å². The summed E-state index contributed by atoms with van der Waals surface area (Å²) in [5, 5.41) is 17.6. The molecule has 1 atom stereocenters. The first-order chi connectivity index (χ1) is 12.6. The number of ether oxygens (including phenoxy) is 1. The normalized spacial score (nSPS) is 15.9. The maximum Gasteiger partial charge on any atom is 0.202 e. The van der Waals surface area contributed by atoms with Crippen molar-refractivity contribution in [2.45, 2.75) is 6.04 Å². The first-order valence-electron chi connectivity index (χ1n) is 8.60. The quantitative estimate of drug-likeness (QED) is 0.503. The first kappa shape index (κ1) is 17.8. The summed E-state index contributed by atoms with van der Waals surface area (Å²) in [5.74, 6) is 0.245. The fourth-order valence-corrected chi connectivity index (χ4v) is 3.41. The minimum Gasteiger partial charge on any atom is -0.483 e. The topological polar surface area (TPSA) is 89.4 Å². The van der Waals surface area contributed by atoms with Crippen molar-refractivity contribution in [3.05, 3.63) is 59.7 Å². The summed E-state index contributed by atoms with van der Waals surface area (Å²) in [7, 11) is 1.54. The van der Waals surface area contributed by atoms with E-state index in [0.29, 0.717) is 11.3 Å². The average molecular weight is 349 g/mol. The van der Waals surface area contributed by atoms with Gasteiger partial charge in [0.25, 0.3) is 0 Å². The monoisotopic (exact) mass is 349 g/mol. The summed E-state index contributed by atoms with van der Waals surface area (Å²) >= 11 is 0. The molecule has 1 saturated heterocycles. The Labute approximate surface area is 153 Å². The van der Waals surface area contributed by atoms with Crippen molar-refractivity contribution < 1.29 is 4.74 Å². The summed E-state index contributed by atoms with van der Waals surface area (Å²) in [4.78, 5) is 4.45. The van der Waals surface area contributed by atoms with Crippen LogP contribution in [0, 0.1) is 16.7 Å². The van der Waals surface area contributed by atoms with E-state index >= 15 is 0 Å². The van der Waals surface area contributed by atoms with Crippen LogP contribution in [0.15, 0.2) is 48.5 Å². The predicted octanol–water partition coefficient (Wildman–Crippen LogP) is 2.63. The van der Waals surface area contributed by atoms with Gasteiger partial charge in [0.1, 0.15) is 12.1 Å². The number of nitriles is 1. The number of nitrogens with zero attached hydrogens (tertiary/aromatic N) is 3. The molecule has 3 rings (SSSR count). The van der Waals surface area contributed by atoms with Gasteiger partial charge in [0.15, 0.2) is 0 Å². The number of anilines is 2. The van der Waals surface area contributed by atoms with Crippen molar-refractivity contribution in [3.63, 3.8) is 0 Å². The molecule has 0 amide bonds. The minimum atomic E-state index is -0.190. The third kappa shape index (κ3) is 3.63. The molecule has 2 aromatic carbocycles. The Bertz CT molecular complexity index is 807. The molecule has 134 valence electrons. The van der Waals surface area contributed by atoms with E-state index in [-0.39, 0.29) is 11.9 Å². The van der Waals surface area contributed by atoms with Crippen LogP contribution >= 0.6 is 0 Å². The van der Waals surface area contributed by atoms with Gasteiger partial charge in [-0.3, -0.25) is 10.3 Å². The lowest BCUT2D eigenvalue weighted by Crippen LogP contribution is -2.49. The standard InChI is InChI=1S/C20H23N5O/c1-26-20(23)19(15-5-3-2-4-6-15)25-11-9-24(10-12-25)18-8-7-17(22)13-16(18)14-21/h2-8,13,19,23H,9-12,22H2,1H3. The molecular weight excluding hydrogens is 326 g/mol. The molecule has 0 bridgehead atoms. The van der Waals surface area contributed by atoms with Gasteiger partial charge < -0.3 is 15.4 Å². The van der Waals surface area contributed by atoms with Crippen molar-refractivity contribution in [2.75, 3.05) is 43.9 Å². The molecule has 1 heterocycles. The summed E-state index contributed by atoms with van der Waals surface area (Å²) in [6, 6.07) is 17.5. The van der Waals surface area contributed by atoms with Gasteiger partial charge in [-0.15, -0.1) is 0 Å². The van der Waals surface area contributed by atoms with Crippen LogP contribution in [-0.2, 0) is 4.74 Å². The Kier molecular flexibility index (Phi) is 5.40. The Morgan fingerprint density at radius 1 is 1.15 bits per heavy atom. The minimum absolute atomic E-state index is 0.190. The zero-order valence-corrected chi connectivity index (χ0v) is 14.9. The van der Waals surface area contributed by atoms with Crippen LogP contribution in [0.5, 0.6) is 0 Å². The van der Waals surface area contributed by atoms with E-state index in [4.69, 9.17) is 15.9 Å². The lowest BCUT2D eigenvalue weighted by atomic mass is 10.0. The molecule has 0 radical (unpaired) electrons. The van der Waals surface area contributed by atoms with Crippen LogP contribution in [-0.4, -0.2) is 44.1 Å². The molecule has 1 fully saturated rings. The van der Waals surface area contributed by atoms with E-state index in [1.807, 2.05) is 42.5 Å².